The van der Waals surface area contributed by atoms with Crippen LogP contribution in [0.25, 0.3) is 22.0 Å². The van der Waals surface area contributed by atoms with Gasteiger partial charge in [-0.25, -0.2) is 0 Å². The van der Waals surface area contributed by atoms with E-state index in [1.165, 1.54) is 6.07 Å². The van der Waals surface area contributed by atoms with Crippen molar-refractivity contribution < 1.29 is 9.84 Å². The molecule has 0 unspecified atom stereocenters. The van der Waals surface area contributed by atoms with Crippen molar-refractivity contribution >= 4 is 10.8 Å². The van der Waals surface area contributed by atoms with Gasteiger partial charge in [0.05, 0.1) is 12.5 Å². The van der Waals surface area contributed by atoms with Crippen LogP contribution in [0.2, 0.25) is 0 Å². The molecule has 0 saturated heterocycles. The molecule has 1 heterocycles. The van der Waals surface area contributed by atoms with Crippen LogP contribution >= 0.6 is 0 Å². The van der Waals surface area contributed by atoms with Crippen molar-refractivity contribution in [3.8, 4) is 22.8 Å². The van der Waals surface area contributed by atoms with E-state index in [1.807, 2.05) is 30.3 Å². The summed E-state index contributed by atoms with van der Waals surface area (Å²) in [5.41, 5.74) is 1.36. The van der Waals surface area contributed by atoms with E-state index >= 15 is 0 Å². The largest absolute Gasteiger partial charge is 0.508 e. The fourth-order valence-corrected chi connectivity index (χ4v) is 2.19. The summed E-state index contributed by atoms with van der Waals surface area (Å²) in [6, 6.07) is 14.1. The number of hydrogen-bond donors (Lipinski definition) is 2. The highest BCUT2D eigenvalue weighted by Crippen LogP contribution is 2.24. The van der Waals surface area contributed by atoms with E-state index < -0.39 is 0 Å². The maximum atomic E-state index is 12.1. The lowest BCUT2D eigenvalue weighted by Crippen LogP contribution is -2.07. The van der Waals surface area contributed by atoms with E-state index in [1.54, 1.807) is 19.2 Å². The molecule has 0 spiro atoms. The number of nitrogens with one attached hydrogen (secondary N) is 1. The molecule has 100 valence electrons. The summed E-state index contributed by atoms with van der Waals surface area (Å²) in [7, 11) is 1.60. The number of rotatable bonds is 2. The summed E-state index contributed by atoms with van der Waals surface area (Å²) in [6.07, 6.45) is 0. The first-order valence-electron chi connectivity index (χ1n) is 6.18. The third-order valence-electron chi connectivity index (χ3n) is 3.21. The highest BCUT2D eigenvalue weighted by atomic mass is 16.5. The van der Waals surface area contributed by atoms with Crippen LogP contribution in [0.3, 0.4) is 0 Å². The number of pyridine rings is 1. The molecule has 2 N–H and O–H groups in total. The quantitative estimate of drug-likeness (QED) is 0.750. The monoisotopic (exact) mass is 267 g/mol. The van der Waals surface area contributed by atoms with Crippen molar-refractivity contribution in [3.63, 3.8) is 0 Å². The first-order valence-corrected chi connectivity index (χ1v) is 6.18. The smallest absolute Gasteiger partial charge is 0.256 e. The van der Waals surface area contributed by atoms with E-state index in [2.05, 4.69) is 4.98 Å². The second-order valence-electron chi connectivity index (χ2n) is 4.52. The third kappa shape index (κ3) is 2.12. The molecule has 3 aromatic rings. The van der Waals surface area contributed by atoms with Gasteiger partial charge in [0.1, 0.15) is 11.5 Å². The molecule has 4 heteroatoms. The molecule has 2 aromatic carbocycles. The Labute approximate surface area is 115 Å². The van der Waals surface area contributed by atoms with Crippen LogP contribution in [-0.2, 0) is 0 Å². The number of ether oxygens (including phenoxy) is 1. The molecule has 3 rings (SSSR count). The van der Waals surface area contributed by atoms with E-state index in [0.717, 1.165) is 16.7 Å². The van der Waals surface area contributed by atoms with Gasteiger partial charge in [-0.2, -0.15) is 0 Å². The van der Waals surface area contributed by atoms with Gasteiger partial charge in [-0.3, -0.25) is 4.79 Å². The molecule has 1 aromatic heterocycles. The summed E-state index contributed by atoms with van der Waals surface area (Å²) in [4.78, 5) is 14.9. The number of fused-ring (bicyclic) bond motifs is 1. The topological polar surface area (TPSA) is 62.3 Å². The molecule has 0 aliphatic rings. The number of H-pyrrole nitrogens is 1. The first-order chi connectivity index (χ1) is 9.67. The lowest BCUT2D eigenvalue weighted by molar-refractivity contribution is 0.415. The Kier molecular flexibility index (Phi) is 2.91. The normalized spacial score (nSPS) is 10.7. The molecule has 0 bridgehead atoms. The van der Waals surface area contributed by atoms with Crippen molar-refractivity contribution in [1.29, 1.82) is 0 Å². The standard InChI is InChI=1S/C16H13NO3/c1-20-13-4-2-3-11(7-13)15-8-10-5-6-12(18)9-14(10)16(19)17-15/h2-9,18H,1H3,(H,17,19). The third-order valence-corrected chi connectivity index (χ3v) is 3.21. The zero-order valence-corrected chi connectivity index (χ0v) is 10.9. The zero-order valence-electron chi connectivity index (χ0n) is 10.9. The number of aromatic amines is 1. The summed E-state index contributed by atoms with van der Waals surface area (Å²) < 4.78 is 5.18. The summed E-state index contributed by atoms with van der Waals surface area (Å²) in [5.74, 6) is 0.811. The number of benzene rings is 2. The minimum Gasteiger partial charge on any atom is -0.508 e. The molecule has 0 aliphatic heterocycles. The second kappa shape index (κ2) is 4.74. The molecule has 20 heavy (non-hydrogen) atoms. The van der Waals surface area contributed by atoms with E-state index in [9.17, 15) is 9.90 Å². The maximum Gasteiger partial charge on any atom is 0.256 e. The Morgan fingerprint density at radius 1 is 1.10 bits per heavy atom. The fraction of sp³-hybridized carbons (Fsp3) is 0.0625. The molecular formula is C16H13NO3. The van der Waals surface area contributed by atoms with Gasteiger partial charge in [-0.15, -0.1) is 0 Å². The van der Waals surface area contributed by atoms with Gasteiger partial charge in [-0.1, -0.05) is 18.2 Å². The molecule has 0 atom stereocenters. The van der Waals surface area contributed by atoms with Crippen LogP contribution in [0, 0.1) is 0 Å². The SMILES string of the molecule is COc1cccc(-c2cc3ccc(O)cc3c(=O)[nH]2)c1. The van der Waals surface area contributed by atoms with Crippen LogP contribution in [0.1, 0.15) is 0 Å². The van der Waals surface area contributed by atoms with E-state index in [4.69, 9.17) is 4.74 Å². The van der Waals surface area contributed by atoms with Gasteiger partial charge in [-0.05, 0) is 35.7 Å². The Balaban J connectivity index is 2.22. The van der Waals surface area contributed by atoms with Gasteiger partial charge in [0.25, 0.3) is 5.56 Å². The summed E-state index contributed by atoms with van der Waals surface area (Å²) >= 11 is 0. The highest BCUT2D eigenvalue weighted by molar-refractivity contribution is 5.86. The number of phenols is 1. The lowest BCUT2D eigenvalue weighted by Gasteiger charge is -2.06. The van der Waals surface area contributed by atoms with Crippen LogP contribution < -0.4 is 10.3 Å². The molecule has 0 radical (unpaired) electrons. The number of aromatic nitrogens is 1. The molecule has 0 fully saturated rings. The molecular weight excluding hydrogens is 254 g/mol. The van der Waals surface area contributed by atoms with Crippen LogP contribution in [0.5, 0.6) is 11.5 Å². The molecule has 0 amide bonds. The number of hydrogen-bond acceptors (Lipinski definition) is 3. The molecule has 4 nitrogen and oxygen atoms in total. The predicted octanol–water partition coefficient (Wildman–Crippen LogP) is 2.91. The minimum absolute atomic E-state index is 0.0807. The van der Waals surface area contributed by atoms with Crippen LogP contribution in [-0.4, -0.2) is 17.2 Å². The van der Waals surface area contributed by atoms with Gasteiger partial charge in [0, 0.05) is 11.3 Å². The Hall–Kier alpha value is -2.75. The van der Waals surface area contributed by atoms with Crippen LogP contribution in [0.15, 0.2) is 53.3 Å². The maximum absolute atomic E-state index is 12.1. The number of phenolic OH excluding ortho intramolecular Hbond substituents is 1. The Morgan fingerprint density at radius 3 is 2.75 bits per heavy atom. The number of methoxy groups -OCH3 is 1. The van der Waals surface area contributed by atoms with E-state index in [0.29, 0.717) is 11.1 Å². The Morgan fingerprint density at radius 2 is 1.95 bits per heavy atom. The van der Waals surface area contributed by atoms with Crippen molar-refractivity contribution in [3.05, 3.63) is 58.9 Å². The van der Waals surface area contributed by atoms with Gasteiger partial charge >= 0.3 is 0 Å². The van der Waals surface area contributed by atoms with Gasteiger partial charge in [0.15, 0.2) is 0 Å². The minimum atomic E-state index is -0.226. The molecule has 0 aliphatic carbocycles. The van der Waals surface area contributed by atoms with Crippen molar-refractivity contribution in [2.75, 3.05) is 7.11 Å². The average Bonchev–Trinajstić information content (AvgIpc) is 2.48. The highest BCUT2D eigenvalue weighted by Gasteiger charge is 2.05. The van der Waals surface area contributed by atoms with Crippen molar-refractivity contribution in [2.45, 2.75) is 0 Å². The lowest BCUT2D eigenvalue weighted by atomic mass is 10.1. The molecule has 0 saturated carbocycles. The second-order valence-corrected chi connectivity index (χ2v) is 4.52. The van der Waals surface area contributed by atoms with Crippen molar-refractivity contribution in [2.24, 2.45) is 0 Å². The van der Waals surface area contributed by atoms with Gasteiger partial charge < -0.3 is 14.8 Å². The zero-order chi connectivity index (χ0) is 14.1. The fourth-order valence-electron chi connectivity index (χ4n) is 2.19. The van der Waals surface area contributed by atoms with Crippen LogP contribution in [0.4, 0.5) is 0 Å². The van der Waals surface area contributed by atoms with Gasteiger partial charge in [0.2, 0.25) is 0 Å². The Bertz CT molecular complexity index is 836. The number of aromatic hydroxyl groups is 1. The van der Waals surface area contributed by atoms with Crippen molar-refractivity contribution in [1.82, 2.24) is 4.98 Å². The van der Waals surface area contributed by atoms with E-state index in [-0.39, 0.29) is 11.3 Å². The summed E-state index contributed by atoms with van der Waals surface area (Å²) in [5, 5.41) is 10.7. The average molecular weight is 267 g/mol. The predicted molar refractivity (Wildman–Crippen MR) is 78.2 cm³/mol. The summed E-state index contributed by atoms with van der Waals surface area (Å²) in [6.45, 7) is 0. The first kappa shape index (κ1) is 12.3.